The lowest BCUT2D eigenvalue weighted by Crippen LogP contribution is -2.44. The van der Waals surface area contributed by atoms with Crippen molar-refractivity contribution >= 4 is 5.91 Å². The molecule has 2 saturated heterocycles. The molecule has 5 nitrogen and oxygen atoms in total. The first-order chi connectivity index (χ1) is 11.2. The fourth-order valence-electron chi connectivity index (χ4n) is 3.80. The van der Waals surface area contributed by atoms with Gasteiger partial charge in [0.25, 0.3) is 0 Å². The van der Waals surface area contributed by atoms with Crippen LogP contribution in [0.25, 0.3) is 0 Å². The monoisotopic (exact) mass is 315 g/mol. The highest BCUT2D eigenvalue weighted by Gasteiger charge is 2.47. The summed E-state index contributed by atoms with van der Waals surface area (Å²) in [4.78, 5) is 21.3. The third-order valence-corrected chi connectivity index (χ3v) is 5.20. The molecule has 0 atom stereocenters. The van der Waals surface area contributed by atoms with Gasteiger partial charge in [-0.3, -0.25) is 9.69 Å². The summed E-state index contributed by atoms with van der Waals surface area (Å²) in [5.74, 6) is 1.03. The normalized spacial score (nSPS) is 20.9. The number of carbonyl (C=O) groups is 1. The van der Waals surface area contributed by atoms with Crippen molar-refractivity contribution in [3.05, 3.63) is 36.5 Å². The Labute approximate surface area is 137 Å². The van der Waals surface area contributed by atoms with Gasteiger partial charge in [-0.15, -0.1) is 6.58 Å². The predicted octanol–water partition coefficient (Wildman–Crippen LogP) is 2.09. The summed E-state index contributed by atoms with van der Waals surface area (Å²) in [5, 5.41) is 0. The molecule has 0 bridgehead atoms. The molecule has 5 heteroatoms. The molecular formula is C18H25N3O2. The summed E-state index contributed by atoms with van der Waals surface area (Å²) >= 11 is 0. The molecule has 0 unspecified atom stereocenters. The lowest BCUT2D eigenvalue weighted by atomic mass is 9.77. The Morgan fingerprint density at radius 2 is 2.09 bits per heavy atom. The van der Waals surface area contributed by atoms with E-state index in [1.165, 1.54) is 0 Å². The van der Waals surface area contributed by atoms with E-state index in [2.05, 4.69) is 22.5 Å². The number of likely N-dealkylation sites (tertiary alicyclic amines) is 2. The molecule has 2 fully saturated rings. The highest BCUT2D eigenvalue weighted by Crippen LogP contribution is 2.41. The molecule has 0 radical (unpaired) electrons. The molecule has 1 spiro atoms. The molecule has 3 rings (SSSR count). The largest absolute Gasteiger partial charge is 0.481 e. The van der Waals surface area contributed by atoms with E-state index in [-0.39, 0.29) is 5.41 Å². The Morgan fingerprint density at radius 1 is 1.35 bits per heavy atom. The Morgan fingerprint density at radius 3 is 2.78 bits per heavy atom. The number of pyridine rings is 1. The summed E-state index contributed by atoms with van der Waals surface area (Å²) in [6.45, 7) is 8.03. The maximum Gasteiger partial charge on any atom is 0.229 e. The average Bonchev–Trinajstić information content (AvgIpc) is 2.88. The van der Waals surface area contributed by atoms with Crippen LogP contribution in [0.3, 0.4) is 0 Å². The standard InChI is InChI=1S/C18H25N3O2/c1-3-10-21-13-8-18(17(21)22)6-11-20(12-7-18)14-15-5-4-9-19-16(15)23-2/h3-5,9H,1,6-8,10-14H2,2H3. The number of methoxy groups -OCH3 is 1. The molecule has 1 amide bonds. The van der Waals surface area contributed by atoms with Crippen LogP contribution in [0.4, 0.5) is 0 Å². The zero-order chi connectivity index (χ0) is 16.3. The average molecular weight is 315 g/mol. The number of amides is 1. The molecule has 1 aromatic heterocycles. The third-order valence-electron chi connectivity index (χ3n) is 5.20. The Bertz CT molecular complexity index is 579. The highest BCUT2D eigenvalue weighted by atomic mass is 16.5. The quantitative estimate of drug-likeness (QED) is 0.781. The van der Waals surface area contributed by atoms with E-state index in [1.54, 1.807) is 13.3 Å². The minimum atomic E-state index is -0.126. The van der Waals surface area contributed by atoms with Crippen molar-refractivity contribution in [1.29, 1.82) is 0 Å². The number of aromatic nitrogens is 1. The lowest BCUT2D eigenvalue weighted by Gasteiger charge is -2.38. The number of piperidine rings is 1. The first-order valence-corrected chi connectivity index (χ1v) is 8.29. The molecule has 0 saturated carbocycles. The van der Waals surface area contributed by atoms with Crippen LogP contribution in [0.2, 0.25) is 0 Å². The van der Waals surface area contributed by atoms with E-state index in [4.69, 9.17) is 4.74 Å². The number of rotatable bonds is 5. The SMILES string of the molecule is C=CCN1CCC2(CCN(Cc3cccnc3OC)CC2)C1=O. The molecule has 2 aliphatic rings. The van der Waals surface area contributed by atoms with E-state index in [1.807, 2.05) is 17.0 Å². The van der Waals surface area contributed by atoms with Gasteiger partial charge in [0.1, 0.15) is 0 Å². The van der Waals surface area contributed by atoms with E-state index in [9.17, 15) is 4.79 Å². The van der Waals surface area contributed by atoms with Crippen LogP contribution in [-0.2, 0) is 11.3 Å². The fourth-order valence-corrected chi connectivity index (χ4v) is 3.80. The Kier molecular flexibility index (Phi) is 4.66. The lowest BCUT2D eigenvalue weighted by molar-refractivity contribution is -0.138. The van der Waals surface area contributed by atoms with Crippen LogP contribution in [-0.4, -0.2) is 54.0 Å². The zero-order valence-corrected chi connectivity index (χ0v) is 13.8. The molecule has 23 heavy (non-hydrogen) atoms. The Hall–Kier alpha value is -1.88. The molecule has 2 aliphatic heterocycles. The van der Waals surface area contributed by atoms with Crippen molar-refractivity contribution in [3.63, 3.8) is 0 Å². The topological polar surface area (TPSA) is 45.7 Å². The summed E-state index contributed by atoms with van der Waals surface area (Å²) < 4.78 is 5.33. The molecule has 0 aromatic carbocycles. The van der Waals surface area contributed by atoms with Crippen LogP contribution in [0, 0.1) is 5.41 Å². The fraction of sp³-hybridized carbons (Fsp3) is 0.556. The second-order valence-electron chi connectivity index (χ2n) is 6.52. The van der Waals surface area contributed by atoms with Gasteiger partial charge < -0.3 is 9.64 Å². The third kappa shape index (κ3) is 3.11. The van der Waals surface area contributed by atoms with Gasteiger partial charge in [-0.1, -0.05) is 12.1 Å². The molecule has 124 valence electrons. The van der Waals surface area contributed by atoms with Gasteiger partial charge >= 0.3 is 0 Å². The van der Waals surface area contributed by atoms with Crippen LogP contribution in [0.5, 0.6) is 5.88 Å². The van der Waals surface area contributed by atoms with Gasteiger partial charge in [-0.05, 0) is 38.4 Å². The van der Waals surface area contributed by atoms with Gasteiger partial charge in [0, 0.05) is 31.4 Å². The molecule has 3 heterocycles. The van der Waals surface area contributed by atoms with Gasteiger partial charge in [-0.2, -0.15) is 0 Å². The van der Waals surface area contributed by atoms with Gasteiger partial charge in [0.2, 0.25) is 11.8 Å². The van der Waals surface area contributed by atoms with Crippen molar-refractivity contribution < 1.29 is 9.53 Å². The van der Waals surface area contributed by atoms with Crippen molar-refractivity contribution in [1.82, 2.24) is 14.8 Å². The number of nitrogens with zero attached hydrogens (tertiary/aromatic N) is 3. The van der Waals surface area contributed by atoms with E-state index < -0.39 is 0 Å². The molecular weight excluding hydrogens is 290 g/mol. The van der Waals surface area contributed by atoms with Crippen molar-refractivity contribution in [2.75, 3.05) is 33.3 Å². The second-order valence-corrected chi connectivity index (χ2v) is 6.52. The first-order valence-electron chi connectivity index (χ1n) is 8.29. The second kappa shape index (κ2) is 6.71. The molecule has 0 N–H and O–H groups in total. The van der Waals surface area contributed by atoms with Gasteiger partial charge in [-0.25, -0.2) is 4.98 Å². The number of hydrogen-bond donors (Lipinski definition) is 0. The molecule has 0 aliphatic carbocycles. The minimum absolute atomic E-state index is 0.126. The minimum Gasteiger partial charge on any atom is -0.481 e. The molecule has 1 aromatic rings. The number of ether oxygens (including phenoxy) is 1. The maximum atomic E-state index is 12.7. The van der Waals surface area contributed by atoms with Crippen LogP contribution in [0.1, 0.15) is 24.8 Å². The van der Waals surface area contributed by atoms with Crippen molar-refractivity contribution in [3.8, 4) is 5.88 Å². The summed E-state index contributed by atoms with van der Waals surface area (Å²) in [5.41, 5.74) is 0.982. The van der Waals surface area contributed by atoms with Crippen molar-refractivity contribution in [2.24, 2.45) is 5.41 Å². The first kappa shape index (κ1) is 16.0. The van der Waals surface area contributed by atoms with Gasteiger partial charge in [0.05, 0.1) is 12.5 Å². The van der Waals surface area contributed by atoms with E-state index >= 15 is 0 Å². The van der Waals surface area contributed by atoms with E-state index in [0.29, 0.717) is 18.3 Å². The zero-order valence-electron chi connectivity index (χ0n) is 13.8. The number of carbonyl (C=O) groups excluding carboxylic acids is 1. The summed E-state index contributed by atoms with van der Waals surface area (Å²) in [6.07, 6.45) is 6.45. The van der Waals surface area contributed by atoms with E-state index in [0.717, 1.165) is 51.0 Å². The van der Waals surface area contributed by atoms with Gasteiger partial charge in [0.15, 0.2) is 0 Å². The predicted molar refractivity (Wildman–Crippen MR) is 89.1 cm³/mol. The highest BCUT2D eigenvalue weighted by molar-refractivity contribution is 5.85. The maximum absolute atomic E-state index is 12.7. The summed E-state index contributed by atoms with van der Waals surface area (Å²) in [7, 11) is 1.66. The van der Waals surface area contributed by atoms with Crippen LogP contribution < -0.4 is 4.74 Å². The summed E-state index contributed by atoms with van der Waals surface area (Å²) in [6, 6.07) is 4.00. The smallest absolute Gasteiger partial charge is 0.229 e. The number of hydrogen-bond acceptors (Lipinski definition) is 4. The van der Waals surface area contributed by atoms with Crippen LogP contribution >= 0.6 is 0 Å². The van der Waals surface area contributed by atoms with Crippen molar-refractivity contribution in [2.45, 2.75) is 25.8 Å². The van der Waals surface area contributed by atoms with Crippen LogP contribution in [0.15, 0.2) is 31.0 Å². The Balaban J connectivity index is 1.61.